The van der Waals surface area contributed by atoms with E-state index >= 15 is 0 Å². The molecular weight excluding hydrogens is 230 g/mol. The SMILES string of the molecule is C1CCCC(c2noc([C@@H]3CNCCO3)n2)CC1. The van der Waals surface area contributed by atoms with Crippen LogP contribution in [0.15, 0.2) is 4.52 Å². The van der Waals surface area contributed by atoms with Crippen molar-refractivity contribution in [2.75, 3.05) is 19.7 Å². The van der Waals surface area contributed by atoms with Crippen LogP contribution < -0.4 is 5.32 Å². The molecule has 1 atom stereocenters. The number of nitrogens with zero attached hydrogens (tertiary/aromatic N) is 2. The first-order chi connectivity index (χ1) is 8.93. The molecule has 18 heavy (non-hydrogen) atoms. The van der Waals surface area contributed by atoms with Crippen molar-refractivity contribution in [3.63, 3.8) is 0 Å². The van der Waals surface area contributed by atoms with Crippen molar-refractivity contribution in [3.05, 3.63) is 11.7 Å². The minimum Gasteiger partial charge on any atom is -0.366 e. The molecule has 0 radical (unpaired) electrons. The first-order valence-corrected chi connectivity index (χ1v) is 7.09. The van der Waals surface area contributed by atoms with E-state index in [-0.39, 0.29) is 6.10 Å². The highest BCUT2D eigenvalue weighted by atomic mass is 16.5. The van der Waals surface area contributed by atoms with Crippen LogP contribution in [-0.2, 0) is 4.74 Å². The molecule has 1 aromatic rings. The van der Waals surface area contributed by atoms with Gasteiger partial charge in [-0.25, -0.2) is 0 Å². The fourth-order valence-corrected chi connectivity index (χ4v) is 2.81. The average Bonchev–Trinajstić information content (AvgIpc) is 2.76. The summed E-state index contributed by atoms with van der Waals surface area (Å²) in [6, 6.07) is 0. The van der Waals surface area contributed by atoms with Crippen LogP contribution in [0.5, 0.6) is 0 Å². The van der Waals surface area contributed by atoms with Crippen molar-refractivity contribution in [2.45, 2.75) is 50.5 Å². The first kappa shape index (κ1) is 12.1. The van der Waals surface area contributed by atoms with Crippen LogP contribution in [0.25, 0.3) is 0 Å². The van der Waals surface area contributed by atoms with E-state index < -0.39 is 0 Å². The molecule has 1 saturated carbocycles. The maximum Gasteiger partial charge on any atom is 0.257 e. The molecular formula is C13H21N3O2. The molecule has 0 unspecified atom stereocenters. The number of hydrogen-bond acceptors (Lipinski definition) is 5. The highest BCUT2D eigenvalue weighted by Crippen LogP contribution is 2.30. The van der Waals surface area contributed by atoms with Crippen molar-refractivity contribution in [1.82, 2.24) is 15.5 Å². The van der Waals surface area contributed by atoms with Gasteiger partial charge in [-0.15, -0.1) is 0 Å². The summed E-state index contributed by atoms with van der Waals surface area (Å²) in [6.07, 6.45) is 7.59. The molecule has 2 aliphatic rings. The van der Waals surface area contributed by atoms with Crippen molar-refractivity contribution in [2.24, 2.45) is 0 Å². The van der Waals surface area contributed by atoms with Gasteiger partial charge in [0.25, 0.3) is 5.89 Å². The van der Waals surface area contributed by atoms with E-state index in [0.717, 1.165) is 18.9 Å². The van der Waals surface area contributed by atoms with E-state index in [2.05, 4.69) is 15.5 Å². The molecule has 1 aliphatic carbocycles. The van der Waals surface area contributed by atoms with Gasteiger partial charge in [0.2, 0.25) is 0 Å². The third-order valence-electron chi connectivity index (χ3n) is 3.88. The second-order valence-electron chi connectivity index (χ2n) is 5.24. The molecule has 1 aliphatic heterocycles. The molecule has 0 aromatic carbocycles. The Bertz CT molecular complexity index is 366. The standard InChI is InChI=1S/C13H21N3O2/c1-2-4-6-10(5-3-1)12-15-13(18-16-12)11-9-14-7-8-17-11/h10-11,14H,1-9H2/t11-/m0/s1. The molecule has 0 bridgehead atoms. The lowest BCUT2D eigenvalue weighted by molar-refractivity contribution is 0.00755. The Labute approximate surface area is 107 Å². The van der Waals surface area contributed by atoms with Gasteiger partial charge in [-0.05, 0) is 12.8 Å². The third kappa shape index (κ3) is 2.72. The number of hydrogen-bond donors (Lipinski definition) is 1. The quantitative estimate of drug-likeness (QED) is 0.816. The monoisotopic (exact) mass is 251 g/mol. The van der Waals surface area contributed by atoms with E-state index in [4.69, 9.17) is 9.26 Å². The lowest BCUT2D eigenvalue weighted by Gasteiger charge is -2.20. The second kappa shape index (κ2) is 5.80. The summed E-state index contributed by atoms with van der Waals surface area (Å²) in [6.45, 7) is 2.39. The molecule has 100 valence electrons. The molecule has 2 heterocycles. The second-order valence-corrected chi connectivity index (χ2v) is 5.24. The smallest absolute Gasteiger partial charge is 0.257 e. The van der Waals surface area contributed by atoms with Crippen LogP contribution in [0.2, 0.25) is 0 Å². The van der Waals surface area contributed by atoms with E-state index in [1.54, 1.807) is 0 Å². The van der Waals surface area contributed by atoms with Gasteiger partial charge >= 0.3 is 0 Å². The average molecular weight is 251 g/mol. The molecule has 1 N–H and O–H groups in total. The van der Waals surface area contributed by atoms with Crippen molar-refractivity contribution >= 4 is 0 Å². The van der Waals surface area contributed by atoms with E-state index in [0.29, 0.717) is 18.4 Å². The first-order valence-electron chi connectivity index (χ1n) is 7.09. The molecule has 5 heteroatoms. The van der Waals surface area contributed by atoms with Gasteiger partial charge in [0.1, 0.15) is 6.10 Å². The van der Waals surface area contributed by atoms with Gasteiger partial charge in [0.15, 0.2) is 5.82 Å². The third-order valence-corrected chi connectivity index (χ3v) is 3.88. The highest BCUT2D eigenvalue weighted by Gasteiger charge is 2.25. The van der Waals surface area contributed by atoms with Crippen molar-refractivity contribution < 1.29 is 9.26 Å². The maximum absolute atomic E-state index is 5.63. The lowest BCUT2D eigenvalue weighted by Crippen LogP contribution is -2.33. The van der Waals surface area contributed by atoms with Gasteiger partial charge in [-0.2, -0.15) is 4.98 Å². The number of aromatic nitrogens is 2. The Morgan fingerprint density at radius 1 is 1.11 bits per heavy atom. The minimum absolute atomic E-state index is 0.0641. The number of rotatable bonds is 2. The summed E-state index contributed by atoms with van der Waals surface area (Å²) in [7, 11) is 0. The van der Waals surface area contributed by atoms with Crippen LogP contribution in [0.1, 0.15) is 62.3 Å². The minimum atomic E-state index is -0.0641. The summed E-state index contributed by atoms with van der Waals surface area (Å²) in [5.41, 5.74) is 0. The Kier molecular flexibility index (Phi) is 3.90. The van der Waals surface area contributed by atoms with Crippen molar-refractivity contribution in [3.8, 4) is 0 Å². The largest absolute Gasteiger partial charge is 0.366 e. The fourth-order valence-electron chi connectivity index (χ4n) is 2.81. The zero-order chi connectivity index (χ0) is 12.2. The van der Waals surface area contributed by atoms with E-state index in [1.807, 2.05) is 0 Å². The Morgan fingerprint density at radius 2 is 1.94 bits per heavy atom. The molecule has 0 spiro atoms. The van der Waals surface area contributed by atoms with Crippen LogP contribution in [-0.4, -0.2) is 29.8 Å². The van der Waals surface area contributed by atoms with Gasteiger partial charge in [-0.3, -0.25) is 0 Å². The zero-order valence-electron chi connectivity index (χ0n) is 10.7. The van der Waals surface area contributed by atoms with Crippen molar-refractivity contribution in [1.29, 1.82) is 0 Å². The Balaban J connectivity index is 1.67. The molecule has 1 saturated heterocycles. The lowest BCUT2D eigenvalue weighted by atomic mass is 10.00. The van der Waals surface area contributed by atoms with Crippen LogP contribution in [0.4, 0.5) is 0 Å². The Morgan fingerprint density at radius 3 is 2.67 bits per heavy atom. The van der Waals surface area contributed by atoms with Crippen LogP contribution in [0.3, 0.4) is 0 Å². The Hall–Kier alpha value is -0.940. The summed E-state index contributed by atoms with van der Waals surface area (Å²) in [4.78, 5) is 4.56. The molecule has 5 nitrogen and oxygen atoms in total. The number of nitrogens with one attached hydrogen (secondary N) is 1. The summed E-state index contributed by atoms with van der Waals surface area (Å²) in [5.74, 6) is 2.02. The van der Waals surface area contributed by atoms with E-state index in [1.165, 1.54) is 38.5 Å². The topological polar surface area (TPSA) is 60.2 Å². The van der Waals surface area contributed by atoms with E-state index in [9.17, 15) is 0 Å². The van der Waals surface area contributed by atoms with Gasteiger partial charge in [0.05, 0.1) is 6.61 Å². The summed E-state index contributed by atoms with van der Waals surface area (Å²) in [5, 5.41) is 7.44. The summed E-state index contributed by atoms with van der Waals surface area (Å²) >= 11 is 0. The fraction of sp³-hybridized carbons (Fsp3) is 0.846. The normalized spacial score (nSPS) is 27.0. The highest BCUT2D eigenvalue weighted by molar-refractivity contribution is 4.99. The molecule has 2 fully saturated rings. The maximum atomic E-state index is 5.63. The zero-order valence-corrected chi connectivity index (χ0v) is 10.7. The number of ether oxygens (including phenoxy) is 1. The predicted octanol–water partition coefficient (Wildman–Crippen LogP) is 2.17. The van der Waals surface area contributed by atoms with Crippen LogP contribution >= 0.6 is 0 Å². The molecule has 3 rings (SSSR count). The van der Waals surface area contributed by atoms with Crippen LogP contribution in [0, 0.1) is 0 Å². The van der Waals surface area contributed by atoms with Gasteiger partial charge < -0.3 is 14.6 Å². The summed E-state index contributed by atoms with van der Waals surface area (Å²) < 4.78 is 11.0. The molecule has 1 aromatic heterocycles. The van der Waals surface area contributed by atoms with Gasteiger partial charge in [-0.1, -0.05) is 30.8 Å². The van der Waals surface area contributed by atoms with Gasteiger partial charge in [0, 0.05) is 19.0 Å². The molecule has 0 amide bonds. The predicted molar refractivity (Wildman–Crippen MR) is 66.3 cm³/mol. The number of morpholine rings is 1.